The molecule has 22 rings (SSSR count). The smallest absolute Gasteiger partial charge is 0.332 e. The molecule has 0 bridgehead atoms. The van der Waals surface area contributed by atoms with Gasteiger partial charge in [0, 0.05) is 283 Å². The maximum atomic E-state index is 4.94. The van der Waals surface area contributed by atoms with Crippen molar-refractivity contribution >= 4 is 134 Å². The van der Waals surface area contributed by atoms with Crippen LogP contribution in [0.5, 0.6) is 0 Å². The fourth-order valence-corrected chi connectivity index (χ4v) is 137. The number of ether oxygens (including phenoxy) is 13. The average molecular weight is 2080 g/mol. The Bertz CT molecular complexity index is 3130. The first kappa shape index (κ1) is 128. The third-order valence-corrected chi connectivity index (χ3v) is 98.8. The first-order valence-electron chi connectivity index (χ1n) is 56.3. The second kappa shape index (κ2) is 62.8. The Morgan fingerprint density at radius 1 is 0.147 bits per heavy atom. The second-order valence-electron chi connectivity index (χ2n) is 51.0. The van der Waals surface area contributed by atoms with Gasteiger partial charge in [0.1, 0.15) is 0 Å². The number of fused-ring (bicyclic) bond motifs is 8. The van der Waals surface area contributed by atoms with Gasteiger partial charge in [-0.2, -0.15) is 0 Å². The number of anilines is 8. The van der Waals surface area contributed by atoms with Crippen LogP contribution in [0.3, 0.4) is 0 Å². The number of para-hydroxylation sites is 8. The zero-order chi connectivity index (χ0) is 102. The summed E-state index contributed by atoms with van der Waals surface area (Å²) in [6, 6.07) is 40.1. The summed E-state index contributed by atoms with van der Waals surface area (Å²) in [5.41, 5.74) is 11.7. The van der Waals surface area contributed by atoms with Gasteiger partial charge in [-0.3, -0.25) is 0 Å². The fourth-order valence-electron chi connectivity index (χ4n) is 21.6. The van der Waals surface area contributed by atoms with Crippen LogP contribution in [0.4, 0.5) is 45.5 Å². The zero-order valence-corrected chi connectivity index (χ0v) is 105. The Kier molecular flexibility index (Phi) is 56.0. The molecule has 0 saturated carbocycles. The summed E-state index contributed by atoms with van der Waals surface area (Å²) >= 11 is 0. The van der Waals surface area contributed by atoms with Crippen molar-refractivity contribution in [2.24, 2.45) is 43.3 Å². The summed E-state index contributed by atoms with van der Waals surface area (Å²) in [7, 11) is -14.1. The van der Waals surface area contributed by atoms with Crippen molar-refractivity contribution in [1.29, 1.82) is 0 Å². The van der Waals surface area contributed by atoms with E-state index in [1.807, 2.05) is 0 Å². The SMILES string of the molecule is C1CCOC1.C1CCOC1.C1CCOC1.C1CCOC1.C1CCOC1.C1CCOC1.C1CCOC1.C1CCOC1.C1CCOC1.C1CCOC1.C1CCOC1.C1CCOC1.C1CCOC1.CC(C)(C)CN1c2ccccc2N(CC(C)(C)C)[Si]12[Si]1(N(CC(C)(C)C)c3ccccc3N1CC(C)(C)C)[Si]1(N(CC(C)(C)C)c3ccccc3N1CC(C)(C)C)[Si]21N(CC(C)(C)C)c2ccccc2N1CC(C)(C)C.[Na].[Na]. The predicted molar refractivity (Wildman–Crippen MR) is 615 cm³/mol. The van der Waals surface area contributed by atoms with Gasteiger partial charge in [-0.05, 0) is 259 Å². The van der Waals surface area contributed by atoms with E-state index in [0.29, 0.717) is 0 Å². The number of rotatable bonds is 8. The van der Waals surface area contributed by atoms with Gasteiger partial charge >= 0.3 is 29.7 Å². The molecule has 0 N–H and O–H groups in total. The van der Waals surface area contributed by atoms with E-state index in [1.54, 1.807) is 0 Å². The average Bonchev–Trinajstić information content (AvgIpc) is 1.41. The summed E-state index contributed by atoms with van der Waals surface area (Å²) in [6.45, 7) is 95.4. The maximum Gasteiger partial charge on any atom is 0.332 e. The van der Waals surface area contributed by atoms with Crippen LogP contribution >= 0.6 is 0 Å². The van der Waals surface area contributed by atoms with Gasteiger partial charge in [0.2, 0.25) is 0 Å². The van der Waals surface area contributed by atoms with E-state index in [0.717, 1.165) is 224 Å². The molecule has 143 heavy (non-hydrogen) atoms. The van der Waals surface area contributed by atoms with Crippen molar-refractivity contribution in [3.8, 4) is 0 Å². The summed E-state index contributed by atoms with van der Waals surface area (Å²) < 4.78 is 91.3. The van der Waals surface area contributed by atoms with Crippen LogP contribution in [0.15, 0.2) is 97.1 Å². The van der Waals surface area contributed by atoms with Crippen molar-refractivity contribution in [2.45, 2.75) is 333 Å². The first-order chi connectivity index (χ1) is 67.2. The molecule has 808 valence electrons. The largest absolute Gasteiger partial charge is 0.381 e. The molecule has 27 heteroatoms. The molecule has 0 aromatic heterocycles. The fraction of sp³-hybridized carbons (Fsp3) is 0.793. The molecule has 14 fully saturated rings. The van der Waals surface area contributed by atoms with Crippen molar-refractivity contribution in [3.05, 3.63) is 97.1 Å². The van der Waals surface area contributed by atoms with Gasteiger partial charge < -0.3 is 98.1 Å². The molecular weight excluding hydrogens is 1870 g/mol. The van der Waals surface area contributed by atoms with E-state index >= 15 is 0 Å². The van der Waals surface area contributed by atoms with Crippen LogP contribution in [0, 0.1) is 43.3 Å². The topological polar surface area (TPSA) is 146 Å². The van der Waals surface area contributed by atoms with Crippen molar-refractivity contribution in [3.63, 3.8) is 0 Å². The third-order valence-electron chi connectivity index (χ3n) is 26.7. The Hall–Kier alpha value is -2.37. The predicted octanol–water partition coefficient (Wildman–Crippen LogP) is 25.4. The standard InChI is InChI=1S/C64H104N8Si4.13C4H8O.2Na/c1-57(2,3)41-65-49-33-25-26-34-50(49)66(42-58(4,5)6)73(65)74(67(43-59(7,8)9)51-35-27-28-36-52(51)68(74)44-60(10,11)12)76(71(47-63(19,20)21)55-39-31-32-40-56(55)72(76)48-64(22,23)24)75(73)69(45-61(13,14)15)53-37-29-30-38-54(53)70(75)46-62(16,17)18;13*1-2-4-5-3-1;;/h25-40H,41-48H2,1-24H3;13*1-4H2;;. The van der Waals surface area contributed by atoms with Gasteiger partial charge in [-0.1, -0.05) is 215 Å². The molecule has 4 aromatic rings. The Balaban J connectivity index is 0.000000321. The molecule has 0 aliphatic carbocycles. The van der Waals surface area contributed by atoms with E-state index < -0.39 is 29.7 Å². The van der Waals surface area contributed by atoms with Gasteiger partial charge in [0.25, 0.3) is 0 Å². The van der Waals surface area contributed by atoms with Crippen LogP contribution in [0.1, 0.15) is 333 Å². The molecule has 18 aliphatic rings. The van der Waals surface area contributed by atoms with E-state index in [2.05, 4.69) is 300 Å². The van der Waals surface area contributed by atoms with Gasteiger partial charge in [-0.15, -0.1) is 0 Å². The van der Waals surface area contributed by atoms with Crippen molar-refractivity contribution in [1.82, 2.24) is 0 Å². The van der Waals surface area contributed by atoms with Gasteiger partial charge in [0.15, 0.2) is 0 Å². The Labute approximate surface area is 922 Å². The molecule has 0 amide bonds. The first-order valence-corrected chi connectivity index (χ1v) is 67.8. The number of benzene rings is 4. The van der Waals surface area contributed by atoms with E-state index in [4.69, 9.17) is 61.6 Å². The number of hydrogen-bond donors (Lipinski definition) is 0. The molecule has 18 heterocycles. The molecule has 4 aromatic carbocycles. The molecular formula is C116H208N8Na2O13Si4. The molecule has 0 atom stereocenters. The molecule has 18 aliphatic heterocycles. The zero-order valence-electron chi connectivity index (χ0n) is 96.5. The monoisotopic (exact) mass is 2080 g/mol. The van der Waals surface area contributed by atoms with Crippen molar-refractivity contribution in [2.75, 3.05) is 261 Å². The molecule has 2 radical (unpaired) electrons. The summed E-state index contributed by atoms with van der Waals surface area (Å²) in [5.74, 6) is 0. The van der Waals surface area contributed by atoms with Gasteiger partial charge in [0.05, 0.1) is 45.5 Å². The van der Waals surface area contributed by atoms with E-state index in [-0.39, 0.29) is 102 Å². The summed E-state index contributed by atoms with van der Waals surface area (Å²) in [5, 5.41) is 0. The molecule has 0 unspecified atom stereocenters. The molecule has 14 saturated heterocycles. The third kappa shape index (κ3) is 38.3. The normalized spacial score (nSPS) is 21.4. The van der Waals surface area contributed by atoms with Crippen LogP contribution < -0.4 is 36.5 Å². The van der Waals surface area contributed by atoms with Crippen LogP contribution in [0.25, 0.3) is 0 Å². The minimum atomic E-state index is -3.53. The van der Waals surface area contributed by atoms with Crippen molar-refractivity contribution < 1.29 is 61.6 Å². The number of hydrogen-bond acceptors (Lipinski definition) is 21. The Morgan fingerprint density at radius 3 is 0.266 bits per heavy atom. The summed E-state index contributed by atoms with van der Waals surface area (Å²) in [4.78, 5) is 0. The van der Waals surface area contributed by atoms with E-state index in [9.17, 15) is 0 Å². The van der Waals surface area contributed by atoms with Crippen LogP contribution in [-0.4, -0.2) is 313 Å². The summed E-state index contributed by atoms with van der Waals surface area (Å²) in [6.07, 6.45) is 33.2. The molecule has 21 nitrogen and oxygen atoms in total. The van der Waals surface area contributed by atoms with Gasteiger partial charge in [-0.25, -0.2) is 0 Å². The quantitative estimate of drug-likeness (QED) is 0.154. The second-order valence-corrected chi connectivity index (χ2v) is 83.4. The van der Waals surface area contributed by atoms with Crippen LogP contribution in [0.2, 0.25) is 0 Å². The Morgan fingerprint density at radius 2 is 0.217 bits per heavy atom. The molecule has 4 spiro atoms. The minimum absolute atomic E-state index is 0. The maximum absolute atomic E-state index is 4.94. The minimum Gasteiger partial charge on any atom is -0.381 e. The van der Waals surface area contributed by atoms with E-state index in [1.165, 1.54) is 212 Å². The number of nitrogens with zero attached hydrogens (tertiary/aromatic N) is 8. The van der Waals surface area contributed by atoms with Crippen LogP contribution in [-0.2, 0) is 61.6 Å².